The van der Waals surface area contributed by atoms with Gasteiger partial charge in [-0.15, -0.1) is 0 Å². The van der Waals surface area contributed by atoms with Gasteiger partial charge in [-0.2, -0.15) is 0 Å². The Morgan fingerprint density at radius 2 is 1.47 bits per heavy atom. The van der Waals surface area contributed by atoms with Crippen LogP contribution in [0.4, 0.5) is 17.1 Å². The minimum absolute atomic E-state index is 0.0212. The molecule has 0 aromatic heterocycles. The fourth-order valence-corrected chi connectivity index (χ4v) is 6.75. The molecule has 5 aromatic carbocycles. The lowest BCUT2D eigenvalue weighted by atomic mass is 9.97. The highest BCUT2D eigenvalue weighted by atomic mass is 79.9. The number of Topliss-reactive ketones (excluding diaryl/α,β-unsaturated/α-hetero) is 1. The topological polar surface area (TPSA) is 82.1 Å². The van der Waals surface area contributed by atoms with E-state index in [1.807, 2.05) is 54.6 Å². The van der Waals surface area contributed by atoms with Gasteiger partial charge in [0.05, 0.1) is 30.6 Å². The van der Waals surface area contributed by atoms with Crippen molar-refractivity contribution in [1.29, 1.82) is 0 Å². The van der Waals surface area contributed by atoms with Crippen LogP contribution in [0.15, 0.2) is 126 Å². The van der Waals surface area contributed by atoms with E-state index in [4.69, 9.17) is 4.74 Å². The van der Waals surface area contributed by atoms with Crippen molar-refractivity contribution >= 4 is 44.7 Å². The monoisotopic (exact) mass is 717 g/mol. The van der Waals surface area contributed by atoms with Gasteiger partial charge in [-0.3, -0.25) is 15.0 Å². The van der Waals surface area contributed by atoms with Gasteiger partial charge in [0.15, 0.2) is 5.78 Å². The number of aliphatic hydroxyl groups excluding tert-OH is 1. The highest BCUT2D eigenvalue weighted by molar-refractivity contribution is 9.10. The van der Waals surface area contributed by atoms with Crippen LogP contribution in [0.3, 0.4) is 0 Å². The van der Waals surface area contributed by atoms with Crippen LogP contribution in [-0.2, 0) is 17.6 Å². The Kier molecular flexibility index (Phi) is 11.1. The lowest BCUT2D eigenvalue weighted by molar-refractivity contribution is -0.117. The molecule has 0 saturated carbocycles. The predicted molar refractivity (Wildman–Crippen MR) is 199 cm³/mol. The number of ether oxygens (including phenoxy) is 1. The number of nitrogens with one attached hydrogen (secondary N) is 1. The molecule has 8 heteroatoms. The van der Waals surface area contributed by atoms with Gasteiger partial charge in [0, 0.05) is 28.7 Å². The third kappa shape index (κ3) is 8.21. The number of nitrogens with zero attached hydrogens (tertiary/aromatic N) is 2. The molecule has 6 rings (SSSR count). The fraction of sp³-hybridized carbons (Fsp3) is 0.220. The second-order valence-electron chi connectivity index (χ2n) is 12.2. The number of anilines is 3. The Bertz CT molecular complexity index is 1880. The molecular weight excluding hydrogens is 678 g/mol. The summed E-state index contributed by atoms with van der Waals surface area (Å²) < 4.78 is 6.23. The average molecular weight is 719 g/mol. The van der Waals surface area contributed by atoms with Crippen LogP contribution in [0, 0.1) is 0 Å². The SMILES string of the molecule is COc1cc(CC(=O)N(Nc2ccc(Cc3ccccc3)cc2)c2ccccc2N2CCCCC2)c(Br)cc1C(O)C(=O)c1ccccc1. The standard InChI is InChI=1S/C41H40BrN3O4/c1-49-38-26-32(35(42)28-34(38)41(48)40(47)31-15-7-3-8-16-31)27-39(46)45(37-18-10-9-17-36(37)44-23-11-4-12-24-44)43-33-21-19-30(20-22-33)25-29-13-5-2-6-14-29/h2-3,5-10,13-22,26,28,41,43,48H,4,11-12,23-25,27H2,1H3. The van der Waals surface area contributed by atoms with Gasteiger partial charge >= 0.3 is 0 Å². The summed E-state index contributed by atoms with van der Waals surface area (Å²) >= 11 is 3.62. The van der Waals surface area contributed by atoms with E-state index in [2.05, 4.69) is 56.6 Å². The first-order valence-corrected chi connectivity index (χ1v) is 17.4. The third-order valence-corrected chi connectivity index (χ3v) is 9.59. The van der Waals surface area contributed by atoms with Crippen LogP contribution >= 0.6 is 15.9 Å². The van der Waals surface area contributed by atoms with E-state index in [1.165, 1.54) is 24.7 Å². The molecule has 250 valence electrons. The molecule has 5 aromatic rings. The van der Waals surface area contributed by atoms with E-state index in [0.29, 0.717) is 26.9 Å². The molecule has 49 heavy (non-hydrogen) atoms. The molecular formula is C41H40BrN3O4. The molecule has 1 aliphatic rings. The van der Waals surface area contributed by atoms with Gasteiger partial charge in [0.1, 0.15) is 11.9 Å². The van der Waals surface area contributed by atoms with E-state index < -0.39 is 11.9 Å². The number of methoxy groups -OCH3 is 1. The minimum Gasteiger partial charge on any atom is -0.496 e. The first-order valence-electron chi connectivity index (χ1n) is 16.6. The number of ketones is 1. The Morgan fingerprint density at radius 3 is 2.16 bits per heavy atom. The number of hydrazine groups is 1. The van der Waals surface area contributed by atoms with Gasteiger partial charge in [-0.25, -0.2) is 5.01 Å². The smallest absolute Gasteiger partial charge is 0.250 e. The lowest BCUT2D eigenvalue weighted by Gasteiger charge is -2.34. The minimum atomic E-state index is -1.43. The number of hydrogen-bond acceptors (Lipinski definition) is 6. The zero-order chi connectivity index (χ0) is 34.2. The van der Waals surface area contributed by atoms with E-state index in [1.54, 1.807) is 41.4 Å². The van der Waals surface area contributed by atoms with E-state index >= 15 is 0 Å². The van der Waals surface area contributed by atoms with Gasteiger partial charge in [0.2, 0.25) is 5.91 Å². The van der Waals surface area contributed by atoms with Crippen LogP contribution in [0.1, 0.15) is 58.0 Å². The molecule has 2 N–H and O–H groups in total. The quantitative estimate of drug-likeness (QED) is 0.0995. The van der Waals surface area contributed by atoms with Gasteiger partial charge in [0.25, 0.3) is 0 Å². The van der Waals surface area contributed by atoms with Crippen molar-refractivity contribution in [2.24, 2.45) is 0 Å². The van der Waals surface area contributed by atoms with E-state index in [9.17, 15) is 14.7 Å². The van der Waals surface area contributed by atoms with Crippen molar-refractivity contribution in [1.82, 2.24) is 0 Å². The second kappa shape index (κ2) is 16.0. The maximum Gasteiger partial charge on any atom is 0.250 e. The molecule has 0 spiro atoms. The highest BCUT2D eigenvalue weighted by Crippen LogP contribution is 2.36. The summed E-state index contributed by atoms with van der Waals surface area (Å²) in [6, 6.07) is 38.5. The molecule has 7 nitrogen and oxygen atoms in total. The summed E-state index contributed by atoms with van der Waals surface area (Å²) in [6.07, 6.45) is 2.82. The first-order chi connectivity index (χ1) is 23.9. The zero-order valence-corrected chi connectivity index (χ0v) is 29.1. The molecule has 1 atom stereocenters. The average Bonchev–Trinajstić information content (AvgIpc) is 3.15. The number of hydrogen-bond donors (Lipinski definition) is 2. The van der Waals surface area contributed by atoms with Crippen LogP contribution in [0.2, 0.25) is 0 Å². The number of amides is 1. The Morgan fingerprint density at radius 1 is 0.837 bits per heavy atom. The van der Waals surface area contributed by atoms with Crippen LogP contribution in [-0.4, -0.2) is 37.0 Å². The zero-order valence-electron chi connectivity index (χ0n) is 27.5. The van der Waals surface area contributed by atoms with Crippen molar-refractivity contribution in [3.8, 4) is 5.75 Å². The predicted octanol–water partition coefficient (Wildman–Crippen LogP) is 8.56. The third-order valence-electron chi connectivity index (χ3n) is 8.86. The summed E-state index contributed by atoms with van der Waals surface area (Å²) in [5.41, 5.74) is 9.76. The number of carbonyl (C=O) groups is 2. The van der Waals surface area contributed by atoms with E-state index in [0.717, 1.165) is 49.4 Å². The number of benzene rings is 5. The summed E-state index contributed by atoms with van der Waals surface area (Å²) in [4.78, 5) is 29.8. The Labute approximate surface area is 296 Å². The summed E-state index contributed by atoms with van der Waals surface area (Å²) in [7, 11) is 1.49. The highest BCUT2D eigenvalue weighted by Gasteiger charge is 2.27. The summed E-state index contributed by atoms with van der Waals surface area (Å²) in [6.45, 7) is 1.86. The molecule has 1 heterocycles. The molecule has 0 aliphatic carbocycles. The van der Waals surface area contributed by atoms with E-state index in [-0.39, 0.29) is 12.3 Å². The molecule has 1 aliphatic heterocycles. The fourth-order valence-electron chi connectivity index (χ4n) is 6.25. The van der Waals surface area contributed by atoms with Gasteiger partial charge < -0.3 is 14.7 Å². The number of piperidine rings is 1. The van der Waals surface area contributed by atoms with Crippen molar-refractivity contribution in [3.63, 3.8) is 0 Å². The van der Waals surface area contributed by atoms with Crippen LogP contribution in [0.5, 0.6) is 5.75 Å². The van der Waals surface area contributed by atoms with Crippen LogP contribution in [0.25, 0.3) is 0 Å². The second-order valence-corrected chi connectivity index (χ2v) is 13.1. The number of halogens is 1. The van der Waals surface area contributed by atoms with Gasteiger partial charge in [-0.05, 0) is 78.8 Å². The molecule has 1 amide bonds. The van der Waals surface area contributed by atoms with Crippen molar-refractivity contribution < 1.29 is 19.4 Å². The summed E-state index contributed by atoms with van der Waals surface area (Å²) in [5.74, 6) is -0.298. The summed E-state index contributed by atoms with van der Waals surface area (Å²) in [5, 5.41) is 12.7. The Balaban J connectivity index is 1.29. The van der Waals surface area contributed by atoms with Gasteiger partial charge in [-0.1, -0.05) is 101 Å². The number of rotatable bonds is 12. The first kappa shape index (κ1) is 34.0. The number of aliphatic hydroxyl groups is 1. The Hall–Kier alpha value is -4.92. The molecule has 0 bridgehead atoms. The maximum atomic E-state index is 14.4. The number of para-hydroxylation sites is 2. The maximum absolute atomic E-state index is 14.4. The molecule has 1 saturated heterocycles. The molecule has 1 fully saturated rings. The largest absolute Gasteiger partial charge is 0.496 e. The lowest BCUT2D eigenvalue weighted by Crippen LogP contribution is -2.39. The molecule has 0 radical (unpaired) electrons. The molecule has 1 unspecified atom stereocenters. The van der Waals surface area contributed by atoms with Crippen LogP contribution < -0.4 is 20.1 Å². The van der Waals surface area contributed by atoms with Crippen molar-refractivity contribution in [3.05, 3.63) is 154 Å². The normalized spacial score (nSPS) is 13.4. The van der Waals surface area contributed by atoms with Crippen molar-refractivity contribution in [2.45, 2.75) is 38.2 Å². The number of carbonyl (C=O) groups excluding carboxylic acids is 2. The van der Waals surface area contributed by atoms with Crippen molar-refractivity contribution in [2.75, 3.05) is 35.5 Å².